The van der Waals surface area contributed by atoms with Gasteiger partial charge in [0, 0.05) is 31.9 Å². The first-order valence-electron chi connectivity index (χ1n) is 7.52. The number of rotatable bonds is 4. The molecule has 0 radical (unpaired) electrons. The average molecular weight is 325 g/mol. The molecule has 2 N–H and O–H groups in total. The Labute approximate surface area is 131 Å². The van der Waals surface area contributed by atoms with E-state index in [1.807, 2.05) is 6.07 Å². The summed E-state index contributed by atoms with van der Waals surface area (Å²) >= 11 is 0. The molecule has 23 heavy (non-hydrogen) atoms. The number of anilines is 1. The first-order chi connectivity index (χ1) is 11.0. The van der Waals surface area contributed by atoms with Gasteiger partial charge in [0.05, 0.1) is 5.69 Å². The Bertz CT molecular complexity index is 618. The number of H-pyrrole nitrogens is 1. The van der Waals surface area contributed by atoms with Gasteiger partial charge < -0.3 is 5.32 Å². The monoisotopic (exact) mass is 325 g/mol. The van der Waals surface area contributed by atoms with Gasteiger partial charge in [0.15, 0.2) is 0 Å². The quantitative estimate of drug-likeness (QED) is 0.907. The molecule has 3 heterocycles. The number of nitrogens with zero attached hydrogens (tertiary/aromatic N) is 3. The van der Waals surface area contributed by atoms with E-state index in [0.29, 0.717) is 18.3 Å². The first kappa shape index (κ1) is 15.8. The van der Waals surface area contributed by atoms with Crippen LogP contribution in [0.3, 0.4) is 0 Å². The summed E-state index contributed by atoms with van der Waals surface area (Å²) in [5, 5.41) is 10.2. The molecule has 5 nitrogen and oxygen atoms in total. The Kier molecular flexibility index (Phi) is 4.51. The smallest absolute Gasteiger partial charge is 0.366 e. The maximum Gasteiger partial charge on any atom is 0.433 e. The van der Waals surface area contributed by atoms with Crippen LogP contribution in [0.4, 0.5) is 19.0 Å². The van der Waals surface area contributed by atoms with Crippen molar-refractivity contribution in [3.8, 4) is 0 Å². The van der Waals surface area contributed by atoms with Crippen LogP contribution in [0.5, 0.6) is 0 Å². The van der Waals surface area contributed by atoms with E-state index in [4.69, 9.17) is 0 Å². The standard InChI is InChI=1S/C15H18F3N5/c16-15(17,18)13-3-1-2-12(20-13)10-23-8-5-11(6-9-23)21-14-4-7-19-22-14/h1-4,7,11H,5-6,8-10H2,(H2,19,21,22). The summed E-state index contributed by atoms with van der Waals surface area (Å²) in [5.41, 5.74) is -0.372. The van der Waals surface area contributed by atoms with Gasteiger partial charge >= 0.3 is 6.18 Å². The van der Waals surface area contributed by atoms with E-state index < -0.39 is 11.9 Å². The lowest BCUT2D eigenvalue weighted by Gasteiger charge is -2.32. The zero-order valence-corrected chi connectivity index (χ0v) is 12.5. The number of hydrogen-bond acceptors (Lipinski definition) is 4. The van der Waals surface area contributed by atoms with Gasteiger partial charge in [0.1, 0.15) is 11.5 Å². The van der Waals surface area contributed by atoms with Crippen molar-refractivity contribution < 1.29 is 13.2 Å². The molecule has 3 rings (SSSR count). The molecule has 0 amide bonds. The molecular weight excluding hydrogens is 307 g/mol. The van der Waals surface area contributed by atoms with Gasteiger partial charge in [0.2, 0.25) is 0 Å². The predicted molar refractivity (Wildman–Crippen MR) is 79.7 cm³/mol. The summed E-state index contributed by atoms with van der Waals surface area (Å²) in [7, 11) is 0. The second kappa shape index (κ2) is 6.57. The number of aromatic nitrogens is 3. The summed E-state index contributed by atoms with van der Waals surface area (Å²) < 4.78 is 38.1. The van der Waals surface area contributed by atoms with Crippen molar-refractivity contribution in [1.82, 2.24) is 20.1 Å². The Balaban J connectivity index is 1.52. The third kappa shape index (κ3) is 4.22. The largest absolute Gasteiger partial charge is 0.433 e. The zero-order chi connectivity index (χ0) is 16.3. The highest BCUT2D eigenvalue weighted by molar-refractivity contribution is 5.33. The minimum atomic E-state index is -4.39. The molecule has 0 aliphatic carbocycles. The van der Waals surface area contributed by atoms with Crippen LogP contribution in [-0.2, 0) is 12.7 Å². The number of piperidine rings is 1. The van der Waals surface area contributed by atoms with E-state index in [-0.39, 0.29) is 0 Å². The van der Waals surface area contributed by atoms with Crippen molar-refractivity contribution >= 4 is 5.82 Å². The molecule has 0 bridgehead atoms. The van der Waals surface area contributed by atoms with Crippen molar-refractivity contribution in [2.75, 3.05) is 18.4 Å². The number of likely N-dealkylation sites (tertiary alicyclic amines) is 1. The van der Waals surface area contributed by atoms with Crippen LogP contribution >= 0.6 is 0 Å². The van der Waals surface area contributed by atoms with E-state index >= 15 is 0 Å². The summed E-state index contributed by atoms with van der Waals surface area (Å²) in [6.07, 6.45) is -0.787. The topological polar surface area (TPSA) is 56.8 Å². The molecule has 0 aromatic carbocycles. The summed E-state index contributed by atoms with van der Waals surface area (Å²) in [6.45, 7) is 2.08. The predicted octanol–water partition coefficient (Wildman–Crippen LogP) is 2.90. The van der Waals surface area contributed by atoms with Gasteiger partial charge in [-0.25, -0.2) is 4.98 Å². The maximum absolute atomic E-state index is 12.7. The van der Waals surface area contributed by atoms with Crippen LogP contribution in [-0.4, -0.2) is 39.2 Å². The molecule has 2 aromatic rings. The first-order valence-corrected chi connectivity index (χ1v) is 7.52. The Hall–Kier alpha value is -2.09. The summed E-state index contributed by atoms with van der Waals surface area (Å²) in [6, 6.07) is 6.27. The van der Waals surface area contributed by atoms with Gasteiger partial charge in [0.25, 0.3) is 0 Å². The van der Waals surface area contributed by atoms with Crippen LogP contribution in [0.1, 0.15) is 24.2 Å². The van der Waals surface area contributed by atoms with Crippen molar-refractivity contribution in [1.29, 1.82) is 0 Å². The molecule has 8 heteroatoms. The third-order valence-electron chi connectivity index (χ3n) is 3.92. The fraction of sp³-hybridized carbons (Fsp3) is 0.467. The second-order valence-electron chi connectivity index (χ2n) is 5.67. The molecule has 0 unspecified atom stereocenters. The van der Waals surface area contributed by atoms with Gasteiger partial charge in [-0.15, -0.1) is 0 Å². The normalized spacial score (nSPS) is 17.3. The lowest BCUT2D eigenvalue weighted by molar-refractivity contribution is -0.141. The number of alkyl halides is 3. The number of pyridine rings is 1. The summed E-state index contributed by atoms with van der Waals surface area (Å²) in [4.78, 5) is 5.85. The number of hydrogen-bond donors (Lipinski definition) is 2. The molecule has 2 aromatic heterocycles. The number of halogens is 3. The van der Waals surface area contributed by atoms with Gasteiger partial charge in [-0.05, 0) is 31.0 Å². The third-order valence-corrected chi connectivity index (χ3v) is 3.92. The van der Waals surface area contributed by atoms with Crippen molar-refractivity contribution in [2.24, 2.45) is 0 Å². The van der Waals surface area contributed by atoms with Gasteiger partial charge in [-0.1, -0.05) is 6.07 Å². The molecule has 0 spiro atoms. The van der Waals surface area contributed by atoms with Crippen LogP contribution < -0.4 is 5.32 Å². The lowest BCUT2D eigenvalue weighted by atomic mass is 10.0. The maximum atomic E-state index is 12.7. The van der Waals surface area contributed by atoms with Crippen molar-refractivity contribution in [3.05, 3.63) is 41.9 Å². The van der Waals surface area contributed by atoms with Crippen LogP contribution in [0, 0.1) is 0 Å². The minimum Gasteiger partial charge on any atom is -0.366 e. The molecule has 1 fully saturated rings. The molecule has 1 saturated heterocycles. The molecule has 0 atom stereocenters. The highest BCUT2D eigenvalue weighted by Gasteiger charge is 2.32. The molecular formula is C15H18F3N5. The van der Waals surface area contributed by atoms with Crippen molar-refractivity contribution in [3.63, 3.8) is 0 Å². The zero-order valence-electron chi connectivity index (χ0n) is 12.5. The van der Waals surface area contributed by atoms with E-state index in [2.05, 4.69) is 25.4 Å². The molecule has 1 aliphatic rings. The fourth-order valence-corrected chi connectivity index (χ4v) is 2.74. The van der Waals surface area contributed by atoms with E-state index in [0.717, 1.165) is 37.8 Å². The van der Waals surface area contributed by atoms with Gasteiger partial charge in [-0.2, -0.15) is 18.3 Å². The Morgan fingerprint density at radius 2 is 2.00 bits per heavy atom. The van der Waals surface area contributed by atoms with Crippen LogP contribution in [0.15, 0.2) is 30.5 Å². The molecule has 0 saturated carbocycles. The van der Waals surface area contributed by atoms with E-state index in [1.165, 1.54) is 6.07 Å². The number of aromatic amines is 1. The van der Waals surface area contributed by atoms with E-state index in [1.54, 1.807) is 12.3 Å². The Morgan fingerprint density at radius 1 is 1.22 bits per heavy atom. The fourth-order valence-electron chi connectivity index (χ4n) is 2.74. The van der Waals surface area contributed by atoms with Crippen LogP contribution in [0.25, 0.3) is 0 Å². The molecule has 1 aliphatic heterocycles. The molecule has 124 valence electrons. The highest BCUT2D eigenvalue weighted by atomic mass is 19.4. The minimum absolute atomic E-state index is 0.337. The van der Waals surface area contributed by atoms with Gasteiger partial charge in [-0.3, -0.25) is 10.00 Å². The SMILES string of the molecule is FC(F)(F)c1cccc(CN2CCC(Nc3cc[nH]n3)CC2)n1. The van der Waals surface area contributed by atoms with Crippen molar-refractivity contribution in [2.45, 2.75) is 31.6 Å². The highest BCUT2D eigenvalue weighted by Crippen LogP contribution is 2.27. The second-order valence-corrected chi connectivity index (χ2v) is 5.67. The van der Waals surface area contributed by atoms with E-state index in [9.17, 15) is 13.2 Å². The Morgan fingerprint density at radius 3 is 2.65 bits per heavy atom. The lowest BCUT2D eigenvalue weighted by Crippen LogP contribution is -2.38. The average Bonchev–Trinajstić information content (AvgIpc) is 3.02. The van der Waals surface area contributed by atoms with Crippen LogP contribution in [0.2, 0.25) is 0 Å². The summed E-state index contributed by atoms with van der Waals surface area (Å²) in [5.74, 6) is 0.822. The number of nitrogens with one attached hydrogen (secondary N) is 2.